The number of pyridine rings is 1. The Bertz CT molecular complexity index is 794. The molecule has 0 spiro atoms. The molecule has 4 nitrogen and oxygen atoms in total. The predicted octanol–water partition coefficient (Wildman–Crippen LogP) is 3.18. The summed E-state index contributed by atoms with van der Waals surface area (Å²) in [5, 5.41) is 3.37. The fourth-order valence-electron chi connectivity index (χ4n) is 3.21. The molecule has 2 heterocycles. The Morgan fingerprint density at radius 3 is 2.70 bits per heavy atom. The lowest BCUT2D eigenvalue weighted by Crippen LogP contribution is -2.35. The van der Waals surface area contributed by atoms with Gasteiger partial charge in [-0.05, 0) is 30.5 Å². The monoisotopic (exact) mass is 303 g/mol. The normalized spacial score (nSPS) is 20.6. The highest BCUT2D eigenvalue weighted by atomic mass is 16.1. The van der Waals surface area contributed by atoms with Crippen LogP contribution in [-0.2, 0) is 4.79 Å². The number of Topliss-reactive ketones (excluding diaryl/α,β-unsaturated/α-hetero) is 1. The minimum absolute atomic E-state index is 0.210. The summed E-state index contributed by atoms with van der Waals surface area (Å²) in [4.78, 5) is 21.5. The number of ketones is 1. The number of hydrogen-bond acceptors (Lipinski definition) is 4. The minimum atomic E-state index is -0.226. The number of hydrogen-bond donors (Lipinski definition) is 1. The van der Waals surface area contributed by atoms with Gasteiger partial charge in [0.1, 0.15) is 11.9 Å². The average Bonchev–Trinajstić information content (AvgIpc) is 2.62. The number of nitrogens with one attached hydrogen (secondary N) is 1. The van der Waals surface area contributed by atoms with E-state index in [2.05, 4.69) is 10.3 Å². The third-order valence-electron chi connectivity index (χ3n) is 4.31. The van der Waals surface area contributed by atoms with E-state index in [0.717, 1.165) is 41.1 Å². The van der Waals surface area contributed by atoms with Gasteiger partial charge in [-0.25, -0.2) is 0 Å². The molecule has 0 saturated carbocycles. The molecule has 0 saturated heterocycles. The molecule has 1 aromatic heterocycles. The van der Waals surface area contributed by atoms with Gasteiger partial charge >= 0.3 is 0 Å². The third kappa shape index (κ3) is 2.57. The van der Waals surface area contributed by atoms with Crippen LogP contribution in [0.3, 0.4) is 0 Å². The van der Waals surface area contributed by atoms with Crippen molar-refractivity contribution in [2.45, 2.75) is 25.3 Å². The number of allylic oxidation sites excluding steroid dienone is 1. The van der Waals surface area contributed by atoms with Gasteiger partial charge in [0.05, 0.1) is 0 Å². The van der Waals surface area contributed by atoms with E-state index in [4.69, 9.17) is 4.99 Å². The molecule has 1 aromatic carbocycles. The van der Waals surface area contributed by atoms with E-state index < -0.39 is 0 Å². The number of aromatic nitrogens is 1. The van der Waals surface area contributed by atoms with Crippen LogP contribution in [0.25, 0.3) is 0 Å². The lowest BCUT2D eigenvalue weighted by atomic mass is 9.85. The zero-order chi connectivity index (χ0) is 15.6. The number of carbonyl (C=O) groups is 1. The molecule has 0 unspecified atom stereocenters. The van der Waals surface area contributed by atoms with Gasteiger partial charge in [-0.1, -0.05) is 30.3 Å². The molecular formula is C19H17N3O. The van der Waals surface area contributed by atoms with Crippen molar-refractivity contribution in [2.75, 3.05) is 0 Å². The van der Waals surface area contributed by atoms with E-state index in [1.165, 1.54) is 0 Å². The van der Waals surface area contributed by atoms with Crippen molar-refractivity contribution in [1.82, 2.24) is 10.3 Å². The van der Waals surface area contributed by atoms with Crippen molar-refractivity contribution >= 4 is 11.6 Å². The Labute approximate surface area is 135 Å². The van der Waals surface area contributed by atoms with Crippen molar-refractivity contribution in [3.8, 4) is 0 Å². The second-order valence-corrected chi connectivity index (χ2v) is 5.83. The molecule has 2 aromatic rings. The van der Waals surface area contributed by atoms with E-state index in [-0.39, 0.29) is 11.8 Å². The van der Waals surface area contributed by atoms with Gasteiger partial charge in [-0.3, -0.25) is 14.8 Å². The van der Waals surface area contributed by atoms with E-state index >= 15 is 0 Å². The lowest BCUT2D eigenvalue weighted by Gasteiger charge is -2.30. The Morgan fingerprint density at radius 2 is 1.91 bits per heavy atom. The summed E-state index contributed by atoms with van der Waals surface area (Å²) in [5.74, 6) is 1.00. The molecule has 0 amide bonds. The quantitative estimate of drug-likeness (QED) is 0.927. The molecular weight excluding hydrogens is 286 g/mol. The van der Waals surface area contributed by atoms with Gasteiger partial charge < -0.3 is 5.32 Å². The first-order chi connectivity index (χ1) is 11.3. The Hall–Kier alpha value is -2.75. The van der Waals surface area contributed by atoms with Gasteiger partial charge in [-0.15, -0.1) is 0 Å². The van der Waals surface area contributed by atoms with Crippen molar-refractivity contribution < 1.29 is 4.79 Å². The molecule has 0 bridgehead atoms. The van der Waals surface area contributed by atoms with Crippen LogP contribution >= 0.6 is 0 Å². The van der Waals surface area contributed by atoms with Gasteiger partial charge in [0.25, 0.3) is 0 Å². The Balaban J connectivity index is 1.83. The molecule has 1 N–H and O–H groups in total. The SMILES string of the molecule is O=C1CCCC2=C1[C@H](c1ccccc1)N=C(c1cccnc1)N2. The van der Waals surface area contributed by atoms with Crippen LogP contribution in [0.4, 0.5) is 0 Å². The molecule has 2 aliphatic rings. The Morgan fingerprint density at radius 1 is 1.04 bits per heavy atom. The topological polar surface area (TPSA) is 54.4 Å². The average molecular weight is 303 g/mol. The molecule has 1 aliphatic carbocycles. The number of rotatable bonds is 2. The summed E-state index contributed by atoms with van der Waals surface area (Å²) in [7, 11) is 0. The highest BCUT2D eigenvalue weighted by Gasteiger charge is 2.32. The molecule has 1 aliphatic heterocycles. The van der Waals surface area contributed by atoms with Crippen LogP contribution in [0, 0.1) is 0 Å². The fraction of sp³-hybridized carbons (Fsp3) is 0.211. The second kappa shape index (κ2) is 5.80. The van der Waals surface area contributed by atoms with Gasteiger partial charge in [0.2, 0.25) is 0 Å². The largest absolute Gasteiger partial charge is 0.343 e. The maximum Gasteiger partial charge on any atom is 0.163 e. The summed E-state index contributed by atoms with van der Waals surface area (Å²) < 4.78 is 0. The smallest absolute Gasteiger partial charge is 0.163 e. The van der Waals surface area contributed by atoms with Crippen molar-refractivity contribution in [2.24, 2.45) is 4.99 Å². The molecule has 0 fully saturated rings. The molecule has 23 heavy (non-hydrogen) atoms. The van der Waals surface area contributed by atoms with Crippen molar-refractivity contribution in [3.05, 3.63) is 77.3 Å². The number of benzene rings is 1. The minimum Gasteiger partial charge on any atom is -0.343 e. The summed E-state index contributed by atoms with van der Waals surface area (Å²) in [5.41, 5.74) is 3.84. The first-order valence-electron chi connectivity index (χ1n) is 7.89. The van der Waals surface area contributed by atoms with Crippen LogP contribution in [0.2, 0.25) is 0 Å². The van der Waals surface area contributed by atoms with Crippen LogP contribution in [0.5, 0.6) is 0 Å². The van der Waals surface area contributed by atoms with Crippen LogP contribution in [0.15, 0.2) is 71.1 Å². The lowest BCUT2D eigenvalue weighted by molar-refractivity contribution is -0.116. The van der Waals surface area contributed by atoms with Crippen molar-refractivity contribution in [1.29, 1.82) is 0 Å². The van der Waals surface area contributed by atoms with E-state index in [0.29, 0.717) is 6.42 Å². The fourth-order valence-corrected chi connectivity index (χ4v) is 3.21. The maximum absolute atomic E-state index is 12.5. The molecule has 4 rings (SSSR count). The van der Waals surface area contributed by atoms with E-state index in [1.807, 2.05) is 42.5 Å². The van der Waals surface area contributed by atoms with Crippen LogP contribution in [-0.4, -0.2) is 16.6 Å². The summed E-state index contributed by atoms with van der Waals surface area (Å²) in [6, 6.07) is 13.7. The van der Waals surface area contributed by atoms with Gasteiger partial charge in [0.15, 0.2) is 5.78 Å². The highest BCUT2D eigenvalue weighted by molar-refractivity contribution is 6.05. The van der Waals surface area contributed by atoms with E-state index in [1.54, 1.807) is 12.4 Å². The standard InChI is InChI=1S/C19H17N3O/c23-16-10-4-9-15-17(16)18(13-6-2-1-3-7-13)22-19(21-15)14-8-5-11-20-12-14/h1-3,5-8,11-12,18H,4,9-10H2,(H,21,22)/t18-/m0/s1. The zero-order valence-corrected chi connectivity index (χ0v) is 12.7. The summed E-state index contributed by atoms with van der Waals surface area (Å²) >= 11 is 0. The highest BCUT2D eigenvalue weighted by Crippen LogP contribution is 2.36. The number of nitrogens with zero attached hydrogens (tertiary/aromatic N) is 2. The first kappa shape index (κ1) is 13.9. The number of carbonyl (C=O) groups excluding carboxylic acids is 1. The van der Waals surface area contributed by atoms with E-state index in [9.17, 15) is 4.79 Å². The van der Waals surface area contributed by atoms with Crippen LogP contribution < -0.4 is 5.32 Å². The van der Waals surface area contributed by atoms with Gasteiger partial charge in [0, 0.05) is 35.6 Å². The Kier molecular flexibility index (Phi) is 3.50. The summed E-state index contributed by atoms with van der Waals surface area (Å²) in [6.45, 7) is 0. The summed E-state index contributed by atoms with van der Waals surface area (Å²) in [6.07, 6.45) is 5.94. The third-order valence-corrected chi connectivity index (χ3v) is 4.31. The molecule has 0 radical (unpaired) electrons. The molecule has 114 valence electrons. The first-order valence-corrected chi connectivity index (χ1v) is 7.89. The van der Waals surface area contributed by atoms with Crippen molar-refractivity contribution in [3.63, 3.8) is 0 Å². The molecule has 4 heteroatoms. The van der Waals surface area contributed by atoms with Crippen LogP contribution in [0.1, 0.15) is 36.4 Å². The second-order valence-electron chi connectivity index (χ2n) is 5.83. The number of aliphatic imine (C=N–C) groups is 1. The molecule has 1 atom stereocenters. The van der Waals surface area contributed by atoms with Gasteiger partial charge in [-0.2, -0.15) is 0 Å². The predicted molar refractivity (Wildman–Crippen MR) is 89.0 cm³/mol. The zero-order valence-electron chi connectivity index (χ0n) is 12.7. The number of amidine groups is 1. The maximum atomic E-state index is 12.5.